The van der Waals surface area contributed by atoms with Gasteiger partial charge in [0.15, 0.2) is 0 Å². The summed E-state index contributed by atoms with van der Waals surface area (Å²) in [7, 11) is 3.89. The molecule has 1 aliphatic rings. The lowest BCUT2D eigenvalue weighted by Gasteiger charge is -2.46. The predicted octanol–water partition coefficient (Wildman–Crippen LogP) is 1.88. The molecule has 114 valence electrons. The van der Waals surface area contributed by atoms with Crippen LogP contribution in [-0.2, 0) is 9.47 Å². The van der Waals surface area contributed by atoms with Crippen LogP contribution in [0.3, 0.4) is 0 Å². The zero-order chi connectivity index (χ0) is 14.1. The van der Waals surface area contributed by atoms with Crippen LogP contribution in [0.2, 0.25) is 0 Å². The van der Waals surface area contributed by atoms with Crippen molar-refractivity contribution in [3.63, 3.8) is 0 Å². The summed E-state index contributed by atoms with van der Waals surface area (Å²) in [6.07, 6.45) is 6.42. The fraction of sp³-hybridized carbons (Fsp3) is 1.00. The van der Waals surface area contributed by atoms with Crippen LogP contribution >= 0.6 is 0 Å². The van der Waals surface area contributed by atoms with Crippen LogP contribution in [0.5, 0.6) is 0 Å². The highest BCUT2D eigenvalue weighted by Crippen LogP contribution is 2.36. The second-order valence-corrected chi connectivity index (χ2v) is 5.81. The van der Waals surface area contributed by atoms with Gasteiger partial charge in [-0.1, -0.05) is 13.3 Å². The normalized spacial score (nSPS) is 27.9. The maximum Gasteiger partial charge on any atom is 0.0700 e. The summed E-state index contributed by atoms with van der Waals surface area (Å²) >= 11 is 0. The monoisotopic (exact) mass is 272 g/mol. The Morgan fingerprint density at radius 3 is 2.42 bits per heavy atom. The van der Waals surface area contributed by atoms with E-state index in [4.69, 9.17) is 15.2 Å². The Labute approximate surface area is 118 Å². The molecule has 0 aromatic heterocycles. The topological polar surface area (TPSA) is 47.7 Å². The lowest BCUT2D eigenvalue weighted by Crippen LogP contribution is -2.54. The van der Waals surface area contributed by atoms with E-state index in [9.17, 15) is 0 Å². The van der Waals surface area contributed by atoms with Crippen molar-refractivity contribution in [2.75, 3.05) is 47.1 Å². The molecule has 0 aromatic rings. The average Bonchev–Trinajstić information content (AvgIpc) is 2.46. The second-order valence-electron chi connectivity index (χ2n) is 5.81. The van der Waals surface area contributed by atoms with Gasteiger partial charge in [0.2, 0.25) is 0 Å². The minimum atomic E-state index is 0.205. The molecule has 1 fully saturated rings. The molecule has 0 radical (unpaired) electrons. The van der Waals surface area contributed by atoms with E-state index in [1.54, 1.807) is 7.11 Å². The van der Waals surface area contributed by atoms with Crippen molar-refractivity contribution < 1.29 is 9.47 Å². The Balaban J connectivity index is 2.32. The standard InChI is InChI=1S/C15H32N2O2/c1-4-14-5-7-15(13-16,8-6-14)17(2)9-10-19-12-11-18-3/h14H,4-13,16H2,1-3H3. The molecule has 0 heterocycles. The molecule has 1 saturated carbocycles. The second kappa shape index (κ2) is 8.90. The van der Waals surface area contributed by atoms with Gasteiger partial charge in [-0.15, -0.1) is 0 Å². The third kappa shape index (κ3) is 5.03. The third-order valence-electron chi connectivity index (χ3n) is 4.81. The summed E-state index contributed by atoms with van der Waals surface area (Å²) in [5, 5.41) is 0. The Kier molecular flexibility index (Phi) is 7.91. The lowest BCUT2D eigenvalue weighted by atomic mass is 9.75. The number of methoxy groups -OCH3 is 1. The number of nitrogens with zero attached hydrogens (tertiary/aromatic N) is 1. The summed E-state index contributed by atoms with van der Waals surface area (Å²) in [4.78, 5) is 2.42. The van der Waals surface area contributed by atoms with Crippen LogP contribution in [0.1, 0.15) is 39.0 Å². The molecule has 0 aromatic carbocycles. The van der Waals surface area contributed by atoms with Crippen molar-refractivity contribution in [1.29, 1.82) is 0 Å². The maximum atomic E-state index is 6.08. The van der Waals surface area contributed by atoms with E-state index in [1.165, 1.54) is 32.1 Å². The molecule has 0 saturated heterocycles. The first-order valence-corrected chi connectivity index (χ1v) is 7.66. The molecule has 4 nitrogen and oxygen atoms in total. The van der Waals surface area contributed by atoms with Crippen molar-refractivity contribution >= 4 is 0 Å². The van der Waals surface area contributed by atoms with E-state index in [-0.39, 0.29) is 5.54 Å². The fourth-order valence-corrected chi connectivity index (χ4v) is 3.05. The SMILES string of the molecule is CCC1CCC(CN)(N(C)CCOCCOC)CC1. The number of nitrogens with two attached hydrogens (primary N) is 1. The zero-order valence-corrected chi connectivity index (χ0v) is 13.0. The molecule has 0 amide bonds. The van der Waals surface area contributed by atoms with Gasteiger partial charge in [0.05, 0.1) is 19.8 Å². The van der Waals surface area contributed by atoms with Crippen molar-refractivity contribution in [3.05, 3.63) is 0 Å². The van der Waals surface area contributed by atoms with E-state index in [2.05, 4.69) is 18.9 Å². The van der Waals surface area contributed by atoms with Gasteiger partial charge in [-0.05, 0) is 38.6 Å². The summed E-state index contributed by atoms with van der Waals surface area (Å²) in [5.74, 6) is 0.908. The highest BCUT2D eigenvalue weighted by Gasteiger charge is 2.36. The molecule has 0 unspecified atom stereocenters. The van der Waals surface area contributed by atoms with Gasteiger partial charge >= 0.3 is 0 Å². The van der Waals surface area contributed by atoms with Crippen molar-refractivity contribution in [1.82, 2.24) is 4.90 Å². The molecule has 1 aliphatic carbocycles. The molecule has 4 heteroatoms. The smallest absolute Gasteiger partial charge is 0.0700 e. The van der Waals surface area contributed by atoms with Crippen LogP contribution in [-0.4, -0.2) is 57.5 Å². The fourth-order valence-electron chi connectivity index (χ4n) is 3.05. The zero-order valence-electron chi connectivity index (χ0n) is 13.0. The van der Waals surface area contributed by atoms with Gasteiger partial charge in [0.1, 0.15) is 0 Å². The van der Waals surface area contributed by atoms with E-state index >= 15 is 0 Å². The molecule has 0 bridgehead atoms. The van der Waals surface area contributed by atoms with Gasteiger partial charge in [0.25, 0.3) is 0 Å². The van der Waals surface area contributed by atoms with Gasteiger partial charge in [-0.25, -0.2) is 0 Å². The highest BCUT2D eigenvalue weighted by atomic mass is 16.5. The van der Waals surface area contributed by atoms with E-state index in [0.717, 1.165) is 25.6 Å². The van der Waals surface area contributed by atoms with Crippen LogP contribution in [0.4, 0.5) is 0 Å². The first-order valence-electron chi connectivity index (χ1n) is 7.66. The summed E-state index contributed by atoms with van der Waals surface area (Å²) in [6, 6.07) is 0. The van der Waals surface area contributed by atoms with Gasteiger partial charge in [0, 0.05) is 25.7 Å². The predicted molar refractivity (Wildman–Crippen MR) is 79.4 cm³/mol. The van der Waals surface area contributed by atoms with Gasteiger partial charge < -0.3 is 15.2 Å². The van der Waals surface area contributed by atoms with E-state index in [1.807, 2.05) is 0 Å². The Morgan fingerprint density at radius 2 is 1.89 bits per heavy atom. The molecular weight excluding hydrogens is 240 g/mol. The molecule has 2 N–H and O–H groups in total. The Bertz CT molecular complexity index is 228. The quantitative estimate of drug-likeness (QED) is 0.651. The molecule has 0 aliphatic heterocycles. The summed E-state index contributed by atoms with van der Waals surface area (Å²) in [6.45, 7) is 6.13. The number of hydrogen-bond donors (Lipinski definition) is 1. The lowest BCUT2D eigenvalue weighted by molar-refractivity contribution is 0.0191. The molecule has 0 atom stereocenters. The minimum Gasteiger partial charge on any atom is -0.382 e. The van der Waals surface area contributed by atoms with Gasteiger partial charge in [-0.2, -0.15) is 0 Å². The summed E-state index contributed by atoms with van der Waals surface area (Å²) in [5.41, 5.74) is 6.28. The number of likely N-dealkylation sites (N-methyl/N-ethyl adjacent to an activating group) is 1. The number of rotatable bonds is 9. The van der Waals surface area contributed by atoms with Crippen molar-refractivity contribution in [2.24, 2.45) is 11.7 Å². The number of hydrogen-bond acceptors (Lipinski definition) is 4. The molecular formula is C15H32N2O2. The van der Waals surface area contributed by atoms with Crippen molar-refractivity contribution in [3.8, 4) is 0 Å². The molecule has 0 spiro atoms. The number of ether oxygens (including phenoxy) is 2. The van der Waals surface area contributed by atoms with Gasteiger partial charge in [-0.3, -0.25) is 4.90 Å². The van der Waals surface area contributed by atoms with Crippen LogP contribution in [0.25, 0.3) is 0 Å². The Morgan fingerprint density at radius 1 is 1.21 bits per heavy atom. The first kappa shape index (κ1) is 16.9. The van der Waals surface area contributed by atoms with Crippen LogP contribution < -0.4 is 5.73 Å². The van der Waals surface area contributed by atoms with Crippen LogP contribution in [0, 0.1) is 5.92 Å². The molecule has 19 heavy (non-hydrogen) atoms. The van der Waals surface area contributed by atoms with E-state index < -0.39 is 0 Å². The molecule has 1 rings (SSSR count). The minimum absolute atomic E-state index is 0.205. The van der Waals surface area contributed by atoms with Crippen molar-refractivity contribution in [2.45, 2.75) is 44.6 Å². The average molecular weight is 272 g/mol. The largest absolute Gasteiger partial charge is 0.382 e. The Hall–Kier alpha value is -0.160. The van der Waals surface area contributed by atoms with E-state index in [0.29, 0.717) is 13.2 Å². The maximum absolute atomic E-state index is 6.08. The van der Waals surface area contributed by atoms with Crippen LogP contribution in [0.15, 0.2) is 0 Å². The first-order chi connectivity index (χ1) is 9.18. The third-order valence-corrected chi connectivity index (χ3v) is 4.81. The highest BCUT2D eigenvalue weighted by molar-refractivity contribution is 4.94. The summed E-state index contributed by atoms with van der Waals surface area (Å²) < 4.78 is 10.5.